The SMILES string of the molecule is C[Si](c1ccccc1)(c1ccccc1)c1ccccc1Sc1[c]cccc1. The van der Waals surface area contributed by atoms with Gasteiger partial charge in [-0.2, -0.15) is 0 Å². The molecule has 0 unspecified atom stereocenters. The molecule has 0 saturated carbocycles. The summed E-state index contributed by atoms with van der Waals surface area (Å²) in [6.45, 7) is 2.46. The summed E-state index contributed by atoms with van der Waals surface area (Å²) in [5.41, 5.74) is 0. The molecule has 0 heterocycles. The van der Waals surface area contributed by atoms with E-state index in [4.69, 9.17) is 0 Å². The molecule has 0 N–H and O–H groups in total. The Kier molecular flexibility index (Phi) is 5.28. The standard InChI is InChI=1S/C25H21SSi/c1-27(22-15-7-3-8-16-22,23-17-9-4-10-18-23)25-20-12-11-19-24(25)26-21-13-5-2-6-14-21/h2-13,15-20H,1H3. The molecule has 0 spiro atoms. The highest BCUT2D eigenvalue weighted by Gasteiger charge is 2.35. The smallest absolute Gasteiger partial charge is 0.0895 e. The molecular weight excluding hydrogens is 360 g/mol. The van der Waals surface area contributed by atoms with E-state index >= 15 is 0 Å². The van der Waals surface area contributed by atoms with Gasteiger partial charge in [0.1, 0.15) is 8.07 Å². The molecule has 0 atom stereocenters. The maximum atomic E-state index is 3.35. The van der Waals surface area contributed by atoms with Crippen molar-refractivity contribution in [2.45, 2.75) is 16.3 Å². The van der Waals surface area contributed by atoms with E-state index in [2.05, 4.69) is 110 Å². The Balaban J connectivity index is 1.90. The predicted octanol–water partition coefficient (Wildman–Crippen LogP) is 4.74. The number of hydrogen-bond acceptors (Lipinski definition) is 1. The van der Waals surface area contributed by atoms with Gasteiger partial charge in [-0.15, -0.1) is 0 Å². The van der Waals surface area contributed by atoms with E-state index in [1.165, 1.54) is 20.5 Å². The second kappa shape index (κ2) is 7.99. The molecule has 0 fully saturated rings. The predicted molar refractivity (Wildman–Crippen MR) is 119 cm³/mol. The van der Waals surface area contributed by atoms with Gasteiger partial charge in [0, 0.05) is 9.79 Å². The summed E-state index contributed by atoms with van der Waals surface area (Å²) < 4.78 is 0. The number of rotatable bonds is 5. The van der Waals surface area contributed by atoms with Crippen LogP contribution >= 0.6 is 11.8 Å². The zero-order valence-corrected chi connectivity index (χ0v) is 17.1. The Bertz CT molecular complexity index is 958. The lowest BCUT2D eigenvalue weighted by atomic mass is 10.3. The van der Waals surface area contributed by atoms with Crippen LogP contribution in [-0.2, 0) is 0 Å². The number of hydrogen-bond donors (Lipinski definition) is 0. The van der Waals surface area contributed by atoms with E-state index in [-0.39, 0.29) is 0 Å². The van der Waals surface area contributed by atoms with Crippen LogP contribution in [0.4, 0.5) is 0 Å². The fraction of sp³-hybridized carbons (Fsp3) is 0.0400. The van der Waals surface area contributed by atoms with Crippen LogP contribution < -0.4 is 15.6 Å². The first-order valence-corrected chi connectivity index (χ1v) is 12.5. The van der Waals surface area contributed by atoms with Gasteiger partial charge in [0.15, 0.2) is 0 Å². The molecule has 2 heteroatoms. The summed E-state index contributed by atoms with van der Waals surface area (Å²) >= 11 is 1.81. The Morgan fingerprint density at radius 3 is 1.78 bits per heavy atom. The second-order valence-electron chi connectivity index (χ2n) is 6.68. The molecule has 27 heavy (non-hydrogen) atoms. The molecule has 1 radical (unpaired) electrons. The van der Waals surface area contributed by atoms with Gasteiger partial charge in [-0.05, 0) is 33.8 Å². The summed E-state index contributed by atoms with van der Waals surface area (Å²) in [4.78, 5) is 2.48. The van der Waals surface area contributed by atoms with Crippen LogP contribution in [0.1, 0.15) is 0 Å². The van der Waals surface area contributed by atoms with Gasteiger partial charge in [0.25, 0.3) is 0 Å². The first-order valence-electron chi connectivity index (χ1n) is 9.13. The highest BCUT2D eigenvalue weighted by atomic mass is 32.2. The molecule has 131 valence electrons. The Hall–Kier alpha value is -2.55. The van der Waals surface area contributed by atoms with Crippen LogP contribution in [0.15, 0.2) is 119 Å². The minimum absolute atomic E-state index is 1.16. The summed E-state index contributed by atoms with van der Waals surface area (Å²) in [6, 6.07) is 42.4. The maximum absolute atomic E-state index is 3.35. The van der Waals surface area contributed by atoms with E-state index in [0.717, 1.165) is 4.90 Å². The van der Waals surface area contributed by atoms with Crippen molar-refractivity contribution in [2.75, 3.05) is 0 Å². The van der Waals surface area contributed by atoms with Crippen molar-refractivity contribution in [3.63, 3.8) is 0 Å². The summed E-state index contributed by atoms with van der Waals surface area (Å²) in [7, 11) is -2.11. The van der Waals surface area contributed by atoms with Crippen molar-refractivity contribution in [2.24, 2.45) is 0 Å². The van der Waals surface area contributed by atoms with Gasteiger partial charge in [-0.25, -0.2) is 0 Å². The Labute approximate surface area is 166 Å². The first kappa shape index (κ1) is 17.8. The van der Waals surface area contributed by atoms with Crippen molar-refractivity contribution in [1.29, 1.82) is 0 Å². The van der Waals surface area contributed by atoms with E-state index in [0.29, 0.717) is 0 Å². The van der Waals surface area contributed by atoms with Gasteiger partial charge in [0.05, 0.1) is 0 Å². The zero-order chi connectivity index (χ0) is 18.5. The van der Waals surface area contributed by atoms with Crippen molar-refractivity contribution < 1.29 is 0 Å². The Morgan fingerprint density at radius 1 is 0.630 bits per heavy atom. The van der Waals surface area contributed by atoms with Crippen molar-refractivity contribution in [3.8, 4) is 0 Å². The van der Waals surface area contributed by atoms with Crippen LogP contribution in [0, 0.1) is 6.07 Å². The molecule has 0 aliphatic rings. The average molecular weight is 382 g/mol. The maximum Gasteiger partial charge on any atom is 0.146 e. The molecule has 0 saturated heterocycles. The van der Waals surface area contributed by atoms with Crippen LogP contribution in [0.2, 0.25) is 6.55 Å². The monoisotopic (exact) mass is 381 g/mol. The third-order valence-corrected chi connectivity index (χ3v) is 10.7. The molecule has 4 aromatic rings. The van der Waals surface area contributed by atoms with Crippen LogP contribution in [0.5, 0.6) is 0 Å². The second-order valence-corrected chi connectivity index (χ2v) is 11.7. The summed E-state index contributed by atoms with van der Waals surface area (Å²) in [5.74, 6) is 0. The van der Waals surface area contributed by atoms with Gasteiger partial charge < -0.3 is 0 Å². The van der Waals surface area contributed by atoms with Crippen molar-refractivity contribution in [1.82, 2.24) is 0 Å². The molecule has 0 aliphatic carbocycles. The molecule has 0 amide bonds. The number of benzene rings is 4. The van der Waals surface area contributed by atoms with Crippen molar-refractivity contribution in [3.05, 3.63) is 115 Å². The van der Waals surface area contributed by atoms with E-state index in [1.54, 1.807) is 0 Å². The van der Waals surface area contributed by atoms with Crippen molar-refractivity contribution >= 4 is 35.4 Å². The lowest BCUT2D eigenvalue weighted by molar-refractivity contribution is 1.41. The minimum Gasteiger partial charge on any atom is -0.0895 e. The topological polar surface area (TPSA) is 0 Å². The Morgan fingerprint density at radius 2 is 1.19 bits per heavy atom. The molecule has 0 aromatic heterocycles. The van der Waals surface area contributed by atoms with E-state index < -0.39 is 8.07 Å². The van der Waals surface area contributed by atoms with Gasteiger partial charge in [-0.1, -0.05) is 115 Å². The summed E-state index contributed by atoms with van der Waals surface area (Å²) in [6.07, 6.45) is 0. The van der Waals surface area contributed by atoms with Gasteiger partial charge in [0.2, 0.25) is 0 Å². The third-order valence-electron chi connectivity index (χ3n) is 5.03. The van der Waals surface area contributed by atoms with Crippen LogP contribution in [0.3, 0.4) is 0 Å². The molecular formula is C25H21SSi. The largest absolute Gasteiger partial charge is 0.146 e. The van der Waals surface area contributed by atoms with Gasteiger partial charge in [-0.3, -0.25) is 0 Å². The van der Waals surface area contributed by atoms with Crippen LogP contribution in [-0.4, -0.2) is 8.07 Å². The minimum atomic E-state index is -2.11. The molecule has 4 rings (SSSR count). The quantitative estimate of drug-likeness (QED) is 0.355. The molecule has 4 aromatic carbocycles. The van der Waals surface area contributed by atoms with Gasteiger partial charge >= 0.3 is 0 Å². The molecule has 0 nitrogen and oxygen atoms in total. The fourth-order valence-corrected chi connectivity index (χ4v) is 8.83. The van der Waals surface area contributed by atoms with E-state index in [9.17, 15) is 0 Å². The fourth-order valence-electron chi connectivity index (χ4n) is 3.55. The van der Waals surface area contributed by atoms with Crippen LogP contribution in [0.25, 0.3) is 0 Å². The zero-order valence-electron chi connectivity index (χ0n) is 15.3. The first-order chi connectivity index (χ1) is 13.3. The lowest BCUT2D eigenvalue weighted by Gasteiger charge is -2.31. The normalized spacial score (nSPS) is 11.3. The highest BCUT2D eigenvalue weighted by molar-refractivity contribution is 7.99. The third kappa shape index (κ3) is 3.64. The summed E-state index contributed by atoms with van der Waals surface area (Å²) in [5, 5.41) is 4.31. The molecule has 0 aliphatic heterocycles. The van der Waals surface area contributed by atoms with E-state index in [1.807, 2.05) is 23.9 Å². The highest BCUT2D eigenvalue weighted by Crippen LogP contribution is 2.27. The lowest BCUT2D eigenvalue weighted by Crippen LogP contribution is -2.65. The molecule has 0 bridgehead atoms. The average Bonchev–Trinajstić information content (AvgIpc) is 2.75.